The molecule has 47 heavy (non-hydrogen) atoms. The highest BCUT2D eigenvalue weighted by Gasteiger charge is 2.44. The van der Waals surface area contributed by atoms with Crippen molar-refractivity contribution in [1.82, 2.24) is 0 Å². The SMILES string of the molecule is C[C@@H]1/C=C\C(=O)[C@H]2OC(C)(C)O[C@H]2CC=Cc2cc(N(OCC=O)C(=O)OC(C)(C)C)cc(O[Si](C)(C)C(C)(C)C)c2C(=O)O[C@H]1C. The zero-order valence-electron chi connectivity index (χ0n) is 29.8. The van der Waals surface area contributed by atoms with Gasteiger partial charge in [-0.1, -0.05) is 45.9 Å². The summed E-state index contributed by atoms with van der Waals surface area (Å²) < 4.78 is 30.4. The second-order valence-electron chi connectivity index (χ2n) is 15.0. The highest BCUT2D eigenvalue weighted by Crippen LogP contribution is 2.41. The van der Waals surface area contributed by atoms with Crippen LogP contribution in [-0.2, 0) is 33.4 Å². The fourth-order valence-corrected chi connectivity index (χ4v) is 5.67. The predicted molar refractivity (Wildman–Crippen MR) is 181 cm³/mol. The van der Waals surface area contributed by atoms with Gasteiger partial charge in [-0.3, -0.25) is 9.63 Å². The molecule has 1 aromatic rings. The third kappa shape index (κ3) is 9.85. The van der Waals surface area contributed by atoms with Crippen molar-refractivity contribution in [2.45, 2.75) is 123 Å². The van der Waals surface area contributed by atoms with Crippen molar-refractivity contribution in [2.75, 3.05) is 11.7 Å². The van der Waals surface area contributed by atoms with Crippen LogP contribution < -0.4 is 9.49 Å². The van der Waals surface area contributed by atoms with E-state index in [2.05, 4.69) is 20.8 Å². The molecule has 0 spiro atoms. The third-order valence-corrected chi connectivity index (χ3v) is 12.6. The van der Waals surface area contributed by atoms with E-state index in [0.29, 0.717) is 11.8 Å². The van der Waals surface area contributed by atoms with Gasteiger partial charge in [-0.05, 0) is 83.8 Å². The molecule has 0 N–H and O–H groups in total. The Kier molecular flexibility index (Phi) is 11.7. The lowest BCUT2D eigenvalue weighted by molar-refractivity contribution is -0.152. The van der Waals surface area contributed by atoms with Crippen molar-refractivity contribution < 1.29 is 47.4 Å². The number of nitrogens with zero attached hydrogens (tertiary/aromatic N) is 1. The molecule has 0 saturated carbocycles. The van der Waals surface area contributed by atoms with Crippen molar-refractivity contribution in [1.29, 1.82) is 0 Å². The summed E-state index contributed by atoms with van der Waals surface area (Å²) in [7, 11) is -2.59. The number of esters is 1. The Morgan fingerprint density at radius 3 is 2.32 bits per heavy atom. The Bertz CT molecular complexity index is 1400. The molecule has 260 valence electrons. The molecule has 0 unspecified atom stereocenters. The normalized spacial score (nSPS) is 24.3. The summed E-state index contributed by atoms with van der Waals surface area (Å²) in [6.45, 7) is 22.1. The summed E-state index contributed by atoms with van der Waals surface area (Å²) in [5.41, 5.74) is -0.181. The van der Waals surface area contributed by atoms with E-state index in [0.717, 1.165) is 5.06 Å². The van der Waals surface area contributed by atoms with Gasteiger partial charge in [0.25, 0.3) is 8.32 Å². The van der Waals surface area contributed by atoms with Crippen molar-refractivity contribution in [3.8, 4) is 5.75 Å². The van der Waals surface area contributed by atoms with E-state index in [1.165, 1.54) is 12.1 Å². The van der Waals surface area contributed by atoms with Gasteiger partial charge in [0.15, 0.2) is 11.6 Å². The van der Waals surface area contributed by atoms with E-state index in [1.54, 1.807) is 65.8 Å². The molecule has 1 saturated heterocycles. The number of anilines is 1. The maximum atomic E-state index is 14.1. The average Bonchev–Trinajstić information content (AvgIpc) is 3.23. The van der Waals surface area contributed by atoms with Crippen LogP contribution in [0.3, 0.4) is 0 Å². The minimum atomic E-state index is -2.59. The molecular weight excluding hydrogens is 622 g/mol. The van der Waals surface area contributed by atoms with Crippen molar-refractivity contribution >= 4 is 44.2 Å². The van der Waals surface area contributed by atoms with Crippen LogP contribution in [0.25, 0.3) is 6.08 Å². The van der Waals surface area contributed by atoms with Gasteiger partial charge in [0.05, 0.1) is 11.8 Å². The summed E-state index contributed by atoms with van der Waals surface area (Å²) in [5, 5.41) is 0.625. The first-order valence-corrected chi connectivity index (χ1v) is 18.9. The standard InChI is InChI=1S/C35H51NO10Si/c1-22-16-17-26(38)30-27(43-35(9,10)44-30)15-13-14-24-20-25(36(41-19-18-37)32(40)45-33(3,4)5)21-28(29(24)31(39)42-23(22)2)46-47(11,12)34(6,7)8/h13-14,16-18,20-23,27,30H,15,19H2,1-12H3/b14-13?,17-16-/t22-,23+,27+,30-/m1/s1. The Labute approximate surface area is 279 Å². The minimum absolute atomic E-state index is 0.158. The summed E-state index contributed by atoms with van der Waals surface area (Å²) in [4.78, 5) is 57.5. The van der Waals surface area contributed by atoms with E-state index in [-0.39, 0.29) is 40.2 Å². The maximum absolute atomic E-state index is 14.1. The van der Waals surface area contributed by atoms with Crippen molar-refractivity contribution in [3.63, 3.8) is 0 Å². The van der Waals surface area contributed by atoms with Crippen LogP contribution in [0.2, 0.25) is 18.1 Å². The van der Waals surface area contributed by atoms with Crippen molar-refractivity contribution in [2.24, 2.45) is 5.92 Å². The number of aldehydes is 1. The largest absolute Gasteiger partial charge is 0.543 e. The van der Waals surface area contributed by atoms with Gasteiger partial charge >= 0.3 is 12.1 Å². The second-order valence-corrected chi connectivity index (χ2v) is 19.7. The smallest absolute Gasteiger partial charge is 0.439 e. The minimum Gasteiger partial charge on any atom is -0.543 e. The van der Waals surface area contributed by atoms with Crippen LogP contribution in [0.15, 0.2) is 30.4 Å². The number of fused-ring (bicyclic) bond motifs is 2. The fourth-order valence-electron chi connectivity index (χ4n) is 4.65. The number of hydrogen-bond acceptors (Lipinski definition) is 10. The number of carbonyl (C=O) groups is 4. The molecule has 1 fully saturated rings. The number of benzene rings is 1. The van der Waals surface area contributed by atoms with Gasteiger partial charge in [0.1, 0.15) is 42.0 Å². The average molecular weight is 674 g/mol. The lowest BCUT2D eigenvalue weighted by atomic mass is 9.99. The van der Waals surface area contributed by atoms with Crippen LogP contribution in [0, 0.1) is 5.92 Å². The quantitative estimate of drug-likeness (QED) is 0.133. The number of cyclic esters (lactones) is 1. The lowest BCUT2D eigenvalue weighted by Crippen LogP contribution is -2.44. The fraction of sp³-hybridized carbons (Fsp3) is 0.600. The highest BCUT2D eigenvalue weighted by molar-refractivity contribution is 6.74. The molecular formula is C35H51NO10Si. The molecule has 2 aliphatic rings. The number of amides is 1. The van der Waals surface area contributed by atoms with Gasteiger partial charge < -0.3 is 28.2 Å². The highest BCUT2D eigenvalue weighted by atomic mass is 28.4. The Balaban J connectivity index is 2.30. The first kappa shape index (κ1) is 38.1. The van der Waals surface area contributed by atoms with E-state index in [9.17, 15) is 19.2 Å². The lowest BCUT2D eigenvalue weighted by Gasteiger charge is -2.37. The van der Waals surface area contributed by atoms with Gasteiger partial charge in [-0.25, -0.2) is 9.59 Å². The van der Waals surface area contributed by atoms with Gasteiger partial charge in [0.2, 0.25) is 0 Å². The molecule has 0 radical (unpaired) electrons. The number of hydroxylamine groups is 1. The molecule has 3 rings (SSSR count). The topological polar surface area (TPSA) is 127 Å². The zero-order valence-corrected chi connectivity index (χ0v) is 30.8. The first-order chi connectivity index (χ1) is 21.5. The molecule has 4 atom stereocenters. The predicted octanol–water partition coefficient (Wildman–Crippen LogP) is 7.19. The van der Waals surface area contributed by atoms with E-state index >= 15 is 0 Å². The molecule has 0 bridgehead atoms. The summed E-state index contributed by atoms with van der Waals surface area (Å²) in [6.07, 6.45) is 4.51. The number of carbonyl (C=O) groups excluding carboxylic acids is 4. The van der Waals surface area contributed by atoms with Crippen LogP contribution >= 0.6 is 0 Å². The Hall–Kier alpha value is -3.32. The van der Waals surface area contributed by atoms with E-state index in [4.69, 9.17) is 28.2 Å². The molecule has 2 heterocycles. The van der Waals surface area contributed by atoms with Crippen LogP contribution in [0.4, 0.5) is 10.5 Å². The number of rotatable bonds is 6. The van der Waals surface area contributed by atoms with Gasteiger partial charge in [0, 0.05) is 12.0 Å². The summed E-state index contributed by atoms with van der Waals surface area (Å²) in [5.74, 6) is -1.98. The Morgan fingerprint density at radius 1 is 1.06 bits per heavy atom. The molecule has 1 amide bonds. The number of ether oxygens (including phenoxy) is 4. The van der Waals surface area contributed by atoms with Crippen molar-refractivity contribution in [3.05, 3.63) is 41.5 Å². The third-order valence-electron chi connectivity index (χ3n) is 8.29. The summed E-state index contributed by atoms with van der Waals surface area (Å²) in [6, 6.07) is 3.10. The van der Waals surface area contributed by atoms with Gasteiger partial charge in [-0.15, -0.1) is 0 Å². The Morgan fingerprint density at radius 2 is 1.72 bits per heavy atom. The van der Waals surface area contributed by atoms with Gasteiger partial charge in [-0.2, -0.15) is 5.06 Å². The van der Waals surface area contributed by atoms with Crippen LogP contribution in [0.1, 0.15) is 91.6 Å². The maximum Gasteiger partial charge on any atom is 0.439 e. The molecule has 1 aromatic carbocycles. The zero-order chi connectivity index (χ0) is 35.5. The van der Waals surface area contributed by atoms with E-state index in [1.807, 2.05) is 20.0 Å². The van der Waals surface area contributed by atoms with Crippen LogP contribution in [0.5, 0.6) is 5.75 Å². The van der Waals surface area contributed by atoms with Crippen LogP contribution in [-0.4, -0.2) is 68.8 Å². The molecule has 0 aromatic heterocycles. The number of hydrogen-bond donors (Lipinski definition) is 0. The molecule has 2 aliphatic heterocycles. The first-order valence-electron chi connectivity index (χ1n) is 16.0. The molecule has 11 nitrogen and oxygen atoms in total. The molecule has 12 heteroatoms. The van der Waals surface area contributed by atoms with E-state index < -0.39 is 56.7 Å². The second kappa shape index (κ2) is 14.4. The molecule has 0 aliphatic carbocycles. The number of ketones is 1. The summed E-state index contributed by atoms with van der Waals surface area (Å²) >= 11 is 0. The monoisotopic (exact) mass is 673 g/mol.